The lowest BCUT2D eigenvalue weighted by Gasteiger charge is -2.34. The number of carbonyl (C=O) groups excluding carboxylic acids is 1. The number of rotatable bonds is 5. The topological polar surface area (TPSA) is 84.0 Å². The van der Waals surface area contributed by atoms with E-state index in [1.165, 1.54) is 5.69 Å². The maximum atomic E-state index is 12.3. The number of aromatic nitrogens is 1. The highest BCUT2D eigenvalue weighted by Gasteiger charge is 2.21. The van der Waals surface area contributed by atoms with Crippen molar-refractivity contribution in [3.63, 3.8) is 0 Å². The Bertz CT molecular complexity index is 1570. The summed E-state index contributed by atoms with van der Waals surface area (Å²) in [5, 5.41) is 15.0. The summed E-state index contributed by atoms with van der Waals surface area (Å²) in [6, 6.07) is 14.3. The van der Waals surface area contributed by atoms with Crippen LogP contribution in [0.3, 0.4) is 0 Å². The number of nitrogens with one attached hydrogen (secondary N) is 2. The minimum Gasteiger partial charge on any atom is -0.494 e. The first-order valence-corrected chi connectivity index (χ1v) is 14.7. The molecule has 7 nitrogen and oxygen atoms in total. The van der Waals surface area contributed by atoms with Crippen LogP contribution in [0.1, 0.15) is 49.7 Å². The number of hydrogen-bond donors (Lipinski definition) is 3. The Balaban J connectivity index is 1.29. The zero-order chi connectivity index (χ0) is 28.2. The zero-order valence-electron chi connectivity index (χ0n) is 23.6. The Morgan fingerprint density at radius 2 is 1.83 bits per heavy atom. The third-order valence-electron chi connectivity index (χ3n) is 8.25. The quantitative estimate of drug-likeness (QED) is 0.294. The molecule has 7 heteroatoms. The number of likely N-dealkylation sites (N-methyl/N-ethyl adjacent to an activating group) is 1. The summed E-state index contributed by atoms with van der Waals surface area (Å²) in [5.74, 6) is 5.54. The SMILES string of the molecule is CN1CCN(c2ccc(N=C(C3=CCCC=C3)c3c(O)[nH]c4cc(C#CC(=O)NC5CCCC5)ccc34)cc2)CC1. The number of anilines is 1. The van der Waals surface area contributed by atoms with Crippen molar-refractivity contribution in [2.45, 2.75) is 44.6 Å². The lowest BCUT2D eigenvalue weighted by Crippen LogP contribution is -2.44. The highest BCUT2D eigenvalue weighted by Crippen LogP contribution is 2.33. The van der Waals surface area contributed by atoms with E-state index in [1.54, 1.807) is 0 Å². The average molecular weight is 548 g/mol. The Morgan fingerprint density at radius 3 is 2.56 bits per heavy atom. The molecule has 1 saturated carbocycles. The second kappa shape index (κ2) is 12.1. The number of benzene rings is 2. The van der Waals surface area contributed by atoms with Crippen LogP contribution in [0.25, 0.3) is 10.9 Å². The van der Waals surface area contributed by atoms with Crippen molar-refractivity contribution in [2.24, 2.45) is 4.99 Å². The summed E-state index contributed by atoms with van der Waals surface area (Å²) in [6.45, 7) is 4.16. The smallest absolute Gasteiger partial charge is 0.296 e. The fourth-order valence-electron chi connectivity index (χ4n) is 5.91. The van der Waals surface area contributed by atoms with Crippen molar-refractivity contribution >= 4 is 33.9 Å². The third-order valence-corrected chi connectivity index (χ3v) is 8.25. The molecule has 2 heterocycles. The van der Waals surface area contributed by atoms with E-state index in [9.17, 15) is 9.90 Å². The molecule has 3 N–H and O–H groups in total. The molecule has 2 fully saturated rings. The number of allylic oxidation sites excluding steroid dienone is 4. The molecule has 1 aromatic heterocycles. The van der Waals surface area contributed by atoms with Crippen molar-refractivity contribution in [1.29, 1.82) is 0 Å². The molecule has 2 aliphatic carbocycles. The van der Waals surface area contributed by atoms with Gasteiger partial charge < -0.3 is 25.2 Å². The number of nitrogens with zero attached hydrogens (tertiary/aromatic N) is 3. The van der Waals surface area contributed by atoms with Gasteiger partial charge in [0, 0.05) is 54.8 Å². The molecule has 3 aliphatic rings. The molecule has 0 bridgehead atoms. The Morgan fingerprint density at radius 1 is 1.05 bits per heavy atom. The normalized spacial score (nSPS) is 18.3. The fraction of sp³-hybridized carbons (Fsp3) is 0.353. The summed E-state index contributed by atoms with van der Waals surface area (Å²) in [5.41, 5.74) is 5.88. The van der Waals surface area contributed by atoms with Crippen molar-refractivity contribution < 1.29 is 9.90 Å². The molecular weight excluding hydrogens is 510 g/mol. The highest BCUT2D eigenvalue weighted by atomic mass is 16.3. The van der Waals surface area contributed by atoms with E-state index >= 15 is 0 Å². The van der Waals surface area contributed by atoms with E-state index in [-0.39, 0.29) is 17.8 Å². The molecular formula is C34H37N5O2. The van der Waals surface area contributed by atoms with E-state index in [4.69, 9.17) is 4.99 Å². The number of piperazine rings is 1. The molecule has 0 atom stereocenters. The summed E-state index contributed by atoms with van der Waals surface area (Å²) in [6.07, 6.45) is 12.7. The summed E-state index contributed by atoms with van der Waals surface area (Å²) in [4.78, 5) is 25.2. The van der Waals surface area contributed by atoms with Crippen molar-refractivity contribution in [3.8, 4) is 17.7 Å². The van der Waals surface area contributed by atoms with E-state index < -0.39 is 0 Å². The van der Waals surface area contributed by atoms with Crippen LogP contribution in [0.5, 0.6) is 5.88 Å². The molecule has 210 valence electrons. The zero-order valence-corrected chi connectivity index (χ0v) is 23.6. The van der Waals surface area contributed by atoms with E-state index in [2.05, 4.69) is 81.5 Å². The Labute approximate surface area is 241 Å². The fourth-order valence-corrected chi connectivity index (χ4v) is 5.91. The molecule has 1 amide bonds. The Hall–Kier alpha value is -4.28. The van der Waals surface area contributed by atoms with Crippen LogP contribution in [0.15, 0.2) is 71.3 Å². The minimum absolute atomic E-state index is 0.0664. The van der Waals surface area contributed by atoms with Crippen molar-refractivity contribution in [1.82, 2.24) is 15.2 Å². The predicted octanol–water partition coefficient (Wildman–Crippen LogP) is 5.43. The number of aromatic hydroxyl groups is 1. The molecule has 6 rings (SSSR count). The first kappa shape index (κ1) is 26.9. The number of carbonyl (C=O) groups is 1. The van der Waals surface area contributed by atoms with Gasteiger partial charge in [0.05, 0.1) is 22.5 Å². The number of fused-ring (bicyclic) bond motifs is 1. The van der Waals surface area contributed by atoms with Gasteiger partial charge in [-0.3, -0.25) is 4.79 Å². The van der Waals surface area contributed by atoms with E-state index in [0.717, 1.165) is 92.6 Å². The van der Waals surface area contributed by atoms with Crippen LogP contribution < -0.4 is 10.2 Å². The third kappa shape index (κ3) is 6.23. The van der Waals surface area contributed by atoms with Gasteiger partial charge in [0.1, 0.15) is 0 Å². The largest absolute Gasteiger partial charge is 0.494 e. The molecule has 2 aromatic carbocycles. The van der Waals surface area contributed by atoms with Crippen LogP contribution in [0, 0.1) is 11.8 Å². The number of aromatic amines is 1. The first-order valence-electron chi connectivity index (χ1n) is 14.7. The lowest BCUT2D eigenvalue weighted by molar-refractivity contribution is -0.116. The van der Waals surface area contributed by atoms with E-state index in [0.29, 0.717) is 11.1 Å². The van der Waals surface area contributed by atoms with E-state index in [1.807, 2.05) is 18.2 Å². The van der Waals surface area contributed by atoms with Crippen molar-refractivity contribution in [3.05, 3.63) is 77.4 Å². The molecule has 3 aromatic rings. The average Bonchev–Trinajstić information content (AvgIpc) is 3.62. The number of H-pyrrole nitrogens is 1. The molecule has 41 heavy (non-hydrogen) atoms. The second-order valence-electron chi connectivity index (χ2n) is 11.2. The number of aliphatic imine (C=N–C) groups is 1. The molecule has 0 unspecified atom stereocenters. The summed E-state index contributed by atoms with van der Waals surface area (Å²) < 4.78 is 0. The van der Waals surface area contributed by atoms with Crippen LogP contribution >= 0.6 is 0 Å². The second-order valence-corrected chi connectivity index (χ2v) is 11.2. The Kier molecular flexibility index (Phi) is 7.93. The van der Waals surface area contributed by atoms with Gasteiger partial charge in [-0.15, -0.1) is 0 Å². The van der Waals surface area contributed by atoms with Crippen molar-refractivity contribution in [2.75, 3.05) is 38.1 Å². The number of hydrogen-bond acceptors (Lipinski definition) is 5. The monoisotopic (exact) mass is 547 g/mol. The van der Waals surface area contributed by atoms with Gasteiger partial charge in [-0.05, 0) is 74.7 Å². The molecule has 1 aliphatic heterocycles. The van der Waals surface area contributed by atoms with Crippen LogP contribution in [0.2, 0.25) is 0 Å². The van der Waals surface area contributed by atoms with Crippen LogP contribution in [-0.4, -0.2) is 65.9 Å². The summed E-state index contributed by atoms with van der Waals surface area (Å²) in [7, 11) is 2.16. The maximum Gasteiger partial charge on any atom is 0.296 e. The van der Waals surface area contributed by atoms with Gasteiger partial charge in [-0.1, -0.05) is 43.1 Å². The van der Waals surface area contributed by atoms with Crippen LogP contribution in [0.4, 0.5) is 11.4 Å². The lowest BCUT2D eigenvalue weighted by atomic mass is 9.96. The molecule has 1 saturated heterocycles. The van der Waals surface area contributed by atoms with Gasteiger partial charge >= 0.3 is 0 Å². The standard InChI is InChI=1S/C34H37N5O2/c1-38-19-21-39(22-20-38)28-15-13-27(14-16-28)36-33(25-7-3-2-4-8-25)32-29-17-11-24(23-30(29)37-34(32)41)12-18-31(40)35-26-9-5-6-10-26/h3,7-8,11,13-17,23,26,37,41H,2,4-6,9-10,19-22H2,1H3,(H,35,40). The van der Waals surface area contributed by atoms with Crippen LogP contribution in [-0.2, 0) is 4.79 Å². The first-order chi connectivity index (χ1) is 20.0. The predicted molar refractivity (Wildman–Crippen MR) is 166 cm³/mol. The number of amides is 1. The maximum absolute atomic E-state index is 12.3. The van der Waals surface area contributed by atoms with Gasteiger partial charge in [-0.2, -0.15) is 0 Å². The highest BCUT2D eigenvalue weighted by molar-refractivity contribution is 6.23. The summed E-state index contributed by atoms with van der Waals surface area (Å²) >= 11 is 0. The van der Waals surface area contributed by atoms with Gasteiger partial charge in [0.2, 0.25) is 0 Å². The molecule has 0 spiro atoms. The van der Waals surface area contributed by atoms with Gasteiger partial charge in [0.25, 0.3) is 5.91 Å². The van der Waals surface area contributed by atoms with Gasteiger partial charge in [0.15, 0.2) is 5.88 Å². The molecule has 0 radical (unpaired) electrons. The van der Waals surface area contributed by atoms with Gasteiger partial charge in [-0.25, -0.2) is 4.99 Å². The minimum atomic E-state index is -0.240.